The van der Waals surface area contributed by atoms with Crippen LogP contribution in [0.15, 0.2) is 47.8 Å². The Labute approximate surface area is 94.6 Å². The smallest absolute Gasteiger partial charge is 0.0456 e. The van der Waals surface area contributed by atoms with Crippen molar-refractivity contribution in [2.24, 2.45) is 5.73 Å². The summed E-state index contributed by atoms with van der Waals surface area (Å²) in [6.45, 7) is 2.18. The van der Waals surface area contributed by atoms with Gasteiger partial charge in [0, 0.05) is 16.8 Å². The Balaban J connectivity index is 2.18. The standard InChI is InChI=1S/C13H15NS/c1-10(11-6-3-2-4-7-11)13(14)12-8-5-9-15-12/h2-10,13H,14H2,1H3. The van der Waals surface area contributed by atoms with Crippen molar-refractivity contribution in [1.29, 1.82) is 0 Å². The maximum Gasteiger partial charge on any atom is 0.0456 e. The van der Waals surface area contributed by atoms with Gasteiger partial charge < -0.3 is 5.73 Å². The van der Waals surface area contributed by atoms with Gasteiger partial charge in [-0.2, -0.15) is 0 Å². The summed E-state index contributed by atoms with van der Waals surface area (Å²) in [5.74, 6) is 0.366. The average molecular weight is 217 g/mol. The van der Waals surface area contributed by atoms with Gasteiger partial charge in [0.05, 0.1) is 0 Å². The fraction of sp³-hybridized carbons (Fsp3) is 0.231. The summed E-state index contributed by atoms with van der Waals surface area (Å²) in [5.41, 5.74) is 7.53. The quantitative estimate of drug-likeness (QED) is 0.836. The van der Waals surface area contributed by atoms with Crippen LogP contribution in [0.25, 0.3) is 0 Å². The van der Waals surface area contributed by atoms with Gasteiger partial charge in [-0.3, -0.25) is 0 Å². The highest BCUT2D eigenvalue weighted by Crippen LogP contribution is 2.30. The summed E-state index contributed by atoms with van der Waals surface area (Å²) < 4.78 is 0. The van der Waals surface area contributed by atoms with Crippen molar-refractivity contribution in [3.05, 3.63) is 58.3 Å². The summed E-state index contributed by atoms with van der Waals surface area (Å²) >= 11 is 1.73. The molecule has 2 heteroatoms. The van der Waals surface area contributed by atoms with E-state index in [0.29, 0.717) is 5.92 Å². The van der Waals surface area contributed by atoms with Crippen LogP contribution in [0.2, 0.25) is 0 Å². The topological polar surface area (TPSA) is 26.0 Å². The van der Waals surface area contributed by atoms with E-state index in [4.69, 9.17) is 5.73 Å². The molecule has 2 atom stereocenters. The summed E-state index contributed by atoms with van der Waals surface area (Å²) in [6.07, 6.45) is 0. The summed E-state index contributed by atoms with van der Waals surface area (Å²) in [7, 11) is 0. The number of hydrogen-bond donors (Lipinski definition) is 1. The lowest BCUT2D eigenvalue weighted by Gasteiger charge is -2.18. The zero-order chi connectivity index (χ0) is 10.7. The zero-order valence-electron chi connectivity index (χ0n) is 8.76. The molecule has 1 aromatic carbocycles. The predicted molar refractivity (Wildman–Crippen MR) is 66.1 cm³/mol. The molecule has 2 rings (SSSR count). The number of rotatable bonds is 3. The molecule has 0 amide bonds. The van der Waals surface area contributed by atoms with Crippen molar-refractivity contribution in [1.82, 2.24) is 0 Å². The van der Waals surface area contributed by atoms with Crippen molar-refractivity contribution in [3.8, 4) is 0 Å². The van der Waals surface area contributed by atoms with Crippen LogP contribution in [0.5, 0.6) is 0 Å². The summed E-state index contributed by atoms with van der Waals surface area (Å²) in [4.78, 5) is 1.26. The average Bonchev–Trinajstić information content (AvgIpc) is 2.82. The Hall–Kier alpha value is -1.12. The molecule has 1 aromatic heterocycles. The third-order valence-corrected chi connectivity index (χ3v) is 3.71. The van der Waals surface area contributed by atoms with E-state index >= 15 is 0 Å². The lowest BCUT2D eigenvalue weighted by molar-refractivity contribution is 0.607. The van der Waals surface area contributed by atoms with E-state index < -0.39 is 0 Å². The van der Waals surface area contributed by atoms with Gasteiger partial charge in [0.15, 0.2) is 0 Å². The van der Waals surface area contributed by atoms with Crippen LogP contribution < -0.4 is 5.73 Å². The van der Waals surface area contributed by atoms with E-state index in [1.807, 2.05) is 6.07 Å². The Morgan fingerprint density at radius 2 is 1.80 bits per heavy atom. The molecule has 0 aliphatic carbocycles. The van der Waals surface area contributed by atoms with Gasteiger partial charge in [0.25, 0.3) is 0 Å². The lowest BCUT2D eigenvalue weighted by Crippen LogP contribution is -2.16. The molecule has 2 unspecified atom stereocenters. The van der Waals surface area contributed by atoms with Crippen molar-refractivity contribution in [2.75, 3.05) is 0 Å². The van der Waals surface area contributed by atoms with Crippen molar-refractivity contribution in [3.63, 3.8) is 0 Å². The van der Waals surface area contributed by atoms with Gasteiger partial charge in [0.2, 0.25) is 0 Å². The number of thiophene rings is 1. The first kappa shape index (κ1) is 10.4. The fourth-order valence-corrected chi connectivity index (χ4v) is 2.52. The van der Waals surface area contributed by atoms with Gasteiger partial charge in [0.1, 0.15) is 0 Å². The second-order valence-corrected chi connectivity index (χ2v) is 4.72. The molecule has 15 heavy (non-hydrogen) atoms. The fourth-order valence-electron chi connectivity index (χ4n) is 1.69. The first-order valence-electron chi connectivity index (χ1n) is 5.13. The van der Waals surface area contributed by atoms with Crippen LogP contribution in [0, 0.1) is 0 Å². The van der Waals surface area contributed by atoms with Gasteiger partial charge >= 0.3 is 0 Å². The molecule has 2 N–H and O–H groups in total. The molecule has 0 saturated heterocycles. The first-order valence-corrected chi connectivity index (χ1v) is 6.01. The van der Waals surface area contributed by atoms with E-state index in [1.165, 1.54) is 10.4 Å². The largest absolute Gasteiger partial charge is 0.323 e. The molecule has 0 saturated carbocycles. The van der Waals surface area contributed by atoms with Crippen LogP contribution in [0.4, 0.5) is 0 Å². The normalized spacial score (nSPS) is 14.8. The number of hydrogen-bond acceptors (Lipinski definition) is 2. The van der Waals surface area contributed by atoms with Crippen LogP contribution in [-0.2, 0) is 0 Å². The van der Waals surface area contributed by atoms with Crippen molar-refractivity contribution < 1.29 is 0 Å². The molecule has 78 valence electrons. The molecule has 1 heterocycles. The molecular weight excluding hydrogens is 202 g/mol. The molecular formula is C13H15NS. The SMILES string of the molecule is CC(c1ccccc1)C(N)c1cccs1. The minimum absolute atomic E-state index is 0.104. The Bertz CT molecular complexity index is 394. The molecule has 0 radical (unpaired) electrons. The molecule has 1 nitrogen and oxygen atoms in total. The molecule has 0 bridgehead atoms. The van der Waals surface area contributed by atoms with Gasteiger partial charge in [-0.25, -0.2) is 0 Å². The Kier molecular flexibility index (Phi) is 3.19. The highest BCUT2D eigenvalue weighted by molar-refractivity contribution is 7.10. The number of benzene rings is 1. The van der Waals surface area contributed by atoms with E-state index in [9.17, 15) is 0 Å². The van der Waals surface area contributed by atoms with E-state index in [-0.39, 0.29) is 6.04 Å². The first-order chi connectivity index (χ1) is 7.29. The maximum atomic E-state index is 6.23. The molecule has 0 fully saturated rings. The highest BCUT2D eigenvalue weighted by atomic mass is 32.1. The monoisotopic (exact) mass is 217 g/mol. The van der Waals surface area contributed by atoms with Crippen LogP contribution in [0.1, 0.15) is 29.3 Å². The Morgan fingerprint density at radius 3 is 2.40 bits per heavy atom. The lowest BCUT2D eigenvalue weighted by atomic mass is 9.93. The molecule has 0 aliphatic heterocycles. The van der Waals surface area contributed by atoms with E-state index in [0.717, 1.165) is 0 Å². The predicted octanol–water partition coefficient (Wildman–Crippen LogP) is 3.55. The van der Waals surface area contributed by atoms with E-state index in [2.05, 4.69) is 48.7 Å². The Morgan fingerprint density at radius 1 is 1.07 bits per heavy atom. The summed E-state index contributed by atoms with van der Waals surface area (Å²) in [5, 5.41) is 2.08. The third-order valence-electron chi connectivity index (χ3n) is 2.74. The van der Waals surface area contributed by atoms with Crippen molar-refractivity contribution >= 4 is 11.3 Å². The van der Waals surface area contributed by atoms with Gasteiger partial charge in [-0.1, -0.05) is 43.3 Å². The highest BCUT2D eigenvalue weighted by Gasteiger charge is 2.16. The molecule has 2 aromatic rings. The van der Waals surface area contributed by atoms with Crippen LogP contribution in [0.3, 0.4) is 0 Å². The maximum absolute atomic E-state index is 6.23. The molecule has 0 aliphatic rings. The minimum atomic E-state index is 0.104. The van der Waals surface area contributed by atoms with Crippen LogP contribution in [-0.4, -0.2) is 0 Å². The second-order valence-electron chi connectivity index (χ2n) is 3.74. The van der Waals surface area contributed by atoms with E-state index in [1.54, 1.807) is 11.3 Å². The number of nitrogens with two attached hydrogens (primary N) is 1. The van der Waals surface area contributed by atoms with Crippen LogP contribution >= 0.6 is 11.3 Å². The van der Waals surface area contributed by atoms with Gasteiger partial charge in [-0.05, 0) is 17.0 Å². The minimum Gasteiger partial charge on any atom is -0.323 e. The van der Waals surface area contributed by atoms with Crippen molar-refractivity contribution in [2.45, 2.75) is 18.9 Å². The second kappa shape index (κ2) is 4.60. The third kappa shape index (κ3) is 2.28. The summed E-state index contributed by atoms with van der Waals surface area (Å²) in [6, 6.07) is 14.7. The zero-order valence-corrected chi connectivity index (χ0v) is 9.58. The molecule has 0 spiro atoms. The van der Waals surface area contributed by atoms with Gasteiger partial charge in [-0.15, -0.1) is 11.3 Å².